The lowest BCUT2D eigenvalue weighted by molar-refractivity contribution is -0.256. The first-order valence-electron chi connectivity index (χ1n) is 24.7. The molecular weight excluding hydrogens is 920 g/mol. The predicted octanol–water partition coefficient (Wildman–Crippen LogP) is 12.0. The summed E-state index contributed by atoms with van der Waals surface area (Å²) in [5.74, 6) is -0.903. The molecule has 0 spiro atoms. The van der Waals surface area contributed by atoms with E-state index in [-0.39, 0.29) is 70.4 Å². The molecule has 2 aliphatic carbocycles. The Hall–Kier alpha value is -5.96. The van der Waals surface area contributed by atoms with E-state index in [1.54, 1.807) is 34.9 Å². The number of carbonyl (C=O) groups excluding carboxylic acids is 1. The molecule has 6 unspecified atom stereocenters. The molecule has 0 aromatic heterocycles. The number of carbonyl (C=O) groups is 1. The number of allylic oxidation sites excluding steroid dienone is 1. The first kappa shape index (κ1) is 51.4. The molecule has 1 heterocycles. The molecule has 5 aromatic rings. The lowest BCUT2D eigenvalue weighted by Crippen LogP contribution is -2.70. The molecule has 1 aliphatic heterocycles. The summed E-state index contributed by atoms with van der Waals surface area (Å²) in [6, 6.07) is 38.7. The van der Waals surface area contributed by atoms with Gasteiger partial charge in [0.05, 0.1) is 31.5 Å². The molecule has 8 rings (SSSR count). The van der Waals surface area contributed by atoms with Crippen molar-refractivity contribution in [1.29, 1.82) is 0 Å². The minimum Gasteiger partial charge on any atom is -0.459 e. The third-order valence-electron chi connectivity index (χ3n) is 13.6. The maximum absolute atomic E-state index is 15.0. The van der Waals surface area contributed by atoms with Gasteiger partial charge in [-0.25, -0.2) is 9.18 Å². The smallest absolute Gasteiger partial charge is 0.410 e. The molecule has 1 fully saturated rings. The fourth-order valence-corrected chi connectivity index (χ4v) is 10.8. The summed E-state index contributed by atoms with van der Waals surface area (Å²) in [4.78, 5) is 24.1. The van der Waals surface area contributed by atoms with Crippen LogP contribution in [0.25, 0.3) is 0 Å². The third kappa shape index (κ3) is 12.8. The summed E-state index contributed by atoms with van der Waals surface area (Å²) >= 11 is 1.66. The monoisotopic (exact) mass is 984 g/mol. The number of amides is 1. The Bertz CT molecular complexity index is 2550. The highest BCUT2D eigenvalue weighted by Gasteiger charge is 2.65. The van der Waals surface area contributed by atoms with Crippen LogP contribution in [0.1, 0.15) is 73.1 Å². The average Bonchev–Trinajstić information content (AvgIpc) is 3.40. The van der Waals surface area contributed by atoms with Gasteiger partial charge in [-0.3, -0.25) is 4.90 Å². The molecule has 1 saturated carbocycles. The van der Waals surface area contributed by atoms with Gasteiger partial charge in [0.2, 0.25) is 5.79 Å². The van der Waals surface area contributed by atoms with E-state index in [1.807, 2.05) is 103 Å². The van der Waals surface area contributed by atoms with E-state index in [9.17, 15) is 14.6 Å². The van der Waals surface area contributed by atoms with Crippen LogP contribution < -0.4 is 9.47 Å². The van der Waals surface area contributed by atoms with E-state index in [4.69, 9.17) is 33.7 Å². The van der Waals surface area contributed by atoms with Crippen LogP contribution in [0.15, 0.2) is 162 Å². The van der Waals surface area contributed by atoms with Crippen molar-refractivity contribution in [2.24, 2.45) is 22.9 Å². The van der Waals surface area contributed by atoms with Gasteiger partial charge in [-0.2, -0.15) is 0 Å². The molecule has 3 aliphatic rings. The van der Waals surface area contributed by atoms with E-state index in [0.29, 0.717) is 48.0 Å². The fourth-order valence-electron chi connectivity index (χ4n) is 10.4. The Morgan fingerprint density at radius 1 is 0.845 bits per heavy atom. The molecule has 0 saturated heterocycles. The molecule has 0 radical (unpaired) electrons. The van der Waals surface area contributed by atoms with Gasteiger partial charge in [0.25, 0.3) is 0 Å². The van der Waals surface area contributed by atoms with Crippen LogP contribution in [0.3, 0.4) is 0 Å². The van der Waals surface area contributed by atoms with Crippen molar-refractivity contribution in [3.05, 3.63) is 180 Å². The van der Waals surface area contributed by atoms with Crippen molar-refractivity contribution >= 4 is 23.6 Å². The lowest BCUT2D eigenvalue weighted by Gasteiger charge is -2.59. The zero-order chi connectivity index (χ0) is 49.4. The largest absolute Gasteiger partial charge is 0.459 e. The summed E-state index contributed by atoms with van der Waals surface area (Å²) in [6.45, 7) is 4.98. The van der Waals surface area contributed by atoms with Crippen LogP contribution in [0.4, 0.5) is 9.18 Å². The molecule has 0 bridgehead atoms. The number of rotatable bonds is 25. The molecule has 2 N–H and O–H groups in total. The highest BCUT2D eigenvalue weighted by atomic mass is 32.2. The summed E-state index contributed by atoms with van der Waals surface area (Å²) in [5.41, 5.74) is 5.05. The minimum absolute atomic E-state index is 0.0102. The summed E-state index contributed by atoms with van der Waals surface area (Å²) in [7, 11) is 0. The zero-order valence-corrected chi connectivity index (χ0v) is 41.2. The topological polar surface area (TPSA) is 129 Å². The van der Waals surface area contributed by atoms with Gasteiger partial charge in [0, 0.05) is 42.6 Å². The van der Waals surface area contributed by atoms with Crippen LogP contribution in [0.5, 0.6) is 17.2 Å². The molecule has 6 atom stereocenters. The van der Waals surface area contributed by atoms with Gasteiger partial charge in [-0.15, -0.1) is 18.3 Å². The molecule has 374 valence electrons. The molecule has 5 aromatic carbocycles. The number of hydrogen-bond acceptors (Lipinski definition) is 11. The van der Waals surface area contributed by atoms with E-state index in [1.165, 1.54) is 12.1 Å². The second kappa shape index (κ2) is 25.4. The van der Waals surface area contributed by atoms with Crippen LogP contribution in [-0.4, -0.2) is 78.0 Å². The molecule has 71 heavy (non-hydrogen) atoms. The number of hydrogen-bond donors (Lipinski definition) is 2. The Balaban J connectivity index is 1.28. The molecule has 13 heteroatoms. The number of ether oxygens (including phenoxy) is 5. The number of aliphatic hydroxyl groups is 2. The van der Waals surface area contributed by atoms with Crippen molar-refractivity contribution < 1.29 is 47.9 Å². The number of halogens is 1. The van der Waals surface area contributed by atoms with Crippen molar-refractivity contribution in [1.82, 2.24) is 4.90 Å². The van der Waals surface area contributed by atoms with Gasteiger partial charge in [0.15, 0.2) is 0 Å². The average molecular weight is 985 g/mol. The number of oxime groups is 1. The van der Waals surface area contributed by atoms with Crippen LogP contribution in [0.2, 0.25) is 0 Å². The SMILES string of the molecule is C=CCOC12Oc3ccc(Oc4ccc(SC)cc4)cc3C3C(CCCCO)C(CCCCO)C=C(C(=NOCc4ccccc4)CC1N(Cc1ccc(F)cc1)C(=O)OCCOCc1ccccc1)C32. The van der Waals surface area contributed by atoms with E-state index in [0.717, 1.165) is 52.8 Å². The second-order valence-corrected chi connectivity index (χ2v) is 19.1. The second-order valence-electron chi connectivity index (χ2n) is 18.2. The van der Waals surface area contributed by atoms with Crippen molar-refractivity contribution in [2.45, 2.75) is 87.3 Å². The van der Waals surface area contributed by atoms with Crippen molar-refractivity contribution in [2.75, 3.05) is 39.3 Å². The highest BCUT2D eigenvalue weighted by Crippen LogP contribution is 2.62. The number of aliphatic hydroxyl groups excluding tert-OH is 2. The maximum Gasteiger partial charge on any atom is 0.410 e. The lowest BCUT2D eigenvalue weighted by atomic mass is 9.55. The summed E-state index contributed by atoms with van der Waals surface area (Å²) in [6.07, 6.45) is 9.92. The first-order chi connectivity index (χ1) is 34.8. The van der Waals surface area contributed by atoms with E-state index in [2.05, 4.69) is 18.7 Å². The number of benzene rings is 5. The first-order valence-corrected chi connectivity index (χ1v) is 25.9. The standard InChI is InChI=1S/C58H65FN2O9S/c1-3-32-67-58-54(61(38-41-20-22-45(59)23-21-41)57(64)66-34-33-65-39-42-14-6-4-7-15-42)37-52(60-68-40-43-16-8-5-9-17-43)50-35-44(18-10-12-30-62)49(19-11-13-31-63)55(56(50)58)51-36-47(26-29-53(51)70-58)69-46-24-27-48(71-2)28-25-46/h3-9,14-17,20-29,35-36,44,49,54-56,62-63H,1,10-13,18-19,30-34,37-40H2,2H3. The summed E-state index contributed by atoms with van der Waals surface area (Å²) < 4.78 is 47.8. The van der Waals surface area contributed by atoms with Gasteiger partial charge in [-0.05, 0) is 121 Å². The summed E-state index contributed by atoms with van der Waals surface area (Å²) in [5, 5.41) is 25.1. The maximum atomic E-state index is 15.0. The van der Waals surface area contributed by atoms with Crippen LogP contribution >= 0.6 is 11.8 Å². The zero-order valence-electron chi connectivity index (χ0n) is 40.4. The van der Waals surface area contributed by atoms with E-state index < -0.39 is 29.7 Å². The number of nitrogens with zero attached hydrogens (tertiary/aromatic N) is 2. The van der Waals surface area contributed by atoms with Crippen molar-refractivity contribution in [3.63, 3.8) is 0 Å². The number of unbranched alkanes of at least 4 members (excludes halogenated alkanes) is 2. The number of fused-ring (bicyclic) bond motifs is 2. The van der Waals surface area contributed by atoms with Crippen LogP contribution in [0, 0.1) is 23.6 Å². The van der Waals surface area contributed by atoms with Gasteiger partial charge >= 0.3 is 6.09 Å². The molecular formula is C58H65FN2O9S. The Morgan fingerprint density at radius 3 is 2.23 bits per heavy atom. The predicted molar refractivity (Wildman–Crippen MR) is 274 cm³/mol. The Kier molecular flexibility index (Phi) is 18.4. The van der Waals surface area contributed by atoms with Gasteiger partial charge < -0.3 is 38.7 Å². The molecule has 1 amide bonds. The van der Waals surface area contributed by atoms with E-state index >= 15 is 4.79 Å². The van der Waals surface area contributed by atoms with Gasteiger partial charge in [0.1, 0.15) is 42.3 Å². The third-order valence-corrected chi connectivity index (χ3v) is 14.4. The van der Waals surface area contributed by atoms with Gasteiger partial charge in [-0.1, -0.05) is 103 Å². The Morgan fingerprint density at radius 2 is 1.54 bits per heavy atom. The minimum atomic E-state index is -1.56. The van der Waals surface area contributed by atoms with Crippen molar-refractivity contribution in [3.8, 4) is 17.2 Å². The fraction of sp³-hybridized carbons (Fsp3) is 0.379. The normalized spacial score (nSPS) is 21.5. The Labute approximate surface area is 421 Å². The highest BCUT2D eigenvalue weighted by molar-refractivity contribution is 7.98. The molecule has 11 nitrogen and oxygen atoms in total. The quantitative estimate of drug-likeness (QED) is 0.0252. The van der Waals surface area contributed by atoms with Crippen LogP contribution in [-0.2, 0) is 38.8 Å². The number of thioether (sulfide) groups is 1.